The highest BCUT2D eigenvalue weighted by Crippen LogP contribution is 2.63. The summed E-state index contributed by atoms with van der Waals surface area (Å²) >= 11 is 0. The number of aliphatic hydroxyl groups is 2. The maximum Gasteiger partial charge on any atom is 0.127 e. The van der Waals surface area contributed by atoms with E-state index in [2.05, 4.69) is 91.8 Å². The fraction of sp³-hybridized carbons (Fsp3) is 0.351. The normalized spacial score (nSPS) is 13.3. The molecule has 2 N–H and O–H groups in total. The number of benzene rings is 4. The van der Waals surface area contributed by atoms with Gasteiger partial charge in [-0.2, -0.15) is 0 Å². The fourth-order valence-corrected chi connectivity index (χ4v) is 7.29. The van der Waals surface area contributed by atoms with Crippen molar-refractivity contribution in [1.29, 1.82) is 0 Å². The lowest BCUT2D eigenvalue weighted by Crippen LogP contribution is -2.34. The molecule has 0 unspecified atom stereocenters. The predicted octanol–water partition coefficient (Wildman–Crippen LogP) is 7.52. The third kappa shape index (κ3) is 3.80. The minimum absolute atomic E-state index is 0.150. The molecule has 4 aromatic carbocycles. The molecule has 1 aliphatic carbocycles. The Morgan fingerprint density at radius 1 is 0.537 bits per heavy atom. The van der Waals surface area contributed by atoms with Crippen molar-refractivity contribution < 1.29 is 19.7 Å². The first-order chi connectivity index (χ1) is 19.5. The van der Waals surface area contributed by atoms with Gasteiger partial charge in [0.15, 0.2) is 0 Å². The highest BCUT2D eigenvalue weighted by Gasteiger charge is 2.52. The van der Waals surface area contributed by atoms with Crippen molar-refractivity contribution in [3.63, 3.8) is 0 Å². The number of aryl methyl sites for hydroxylation is 2. The van der Waals surface area contributed by atoms with Gasteiger partial charge in [0.25, 0.3) is 0 Å². The van der Waals surface area contributed by atoms with Crippen LogP contribution in [-0.2, 0) is 18.6 Å². The second kappa shape index (κ2) is 10.3. The smallest absolute Gasteiger partial charge is 0.127 e. The average Bonchev–Trinajstić information content (AvgIpc) is 3.23. The number of hydrogen-bond acceptors (Lipinski definition) is 4. The first kappa shape index (κ1) is 28.9. The molecule has 4 nitrogen and oxygen atoms in total. The Morgan fingerprint density at radius 3 is 1.22 bits per heavy atom. The second-order valence-electron chi connectivity index (χ2n) is 11.7. The molecule has 4 aromatic rings. The maximum atomic E-state index is 11.1. The van der Waals surface area contributed by atoms with Crippen LogP contribution >= 0.6 is 0 Å². The predicted molar refractivity (Wildman–Crippen MR) is 167 cm³/mol. The highest BCUT2D eigenvalue weighted by molar-refractivity contribution is 5.90. The Balaban J connectivity index is 2.24. The molecule has 0 aliphatic heterocycles. The van der Waals surface area contributed by atoms with Gasteiger partial charge in [-0.25, -0.2) is 0 Å². The molecule has 0 saturated carbocycles. The number of rotatable bonds is 6. The Labute approximate surface area is 244 Å². The third-order valence-corrected chi connectivity index (χ3v) is 9.82. The molecular formula is C37H42O4. The Morgan fingerprint density at radius 2 is 0.902 bits per heavy atom. The van der Waals surface area contributed by atoms with E-state index in [1.54, 1.807) is 14.2 Å². The Bertz CT molecular complexity index is 1520. The minimum atomic E-state index is -0.929. The Kier molecular flexibility index (Phi) is 7.30. The van der Waals surface area contributed by atoms with Gasteiger partial charge in [-0.15, -0.1) is 0 Å². The van der Waals surface area contributed by atoms with Gasteiger partial charge < -0.3 is 19.7 Å². The average molecular weight is 551 g/mol. The molecule has 0 saturated heterocycles. The summed E-state index contributed by atoms with van der Waals surface area (Å²) in [6.45, 7) is 16.5. The first-order valence-electron chi connectivity index (χ1n) is 14.3. The van der Waals surface area contributed by atoms with Crippen LogP contribution in [-0.4, -0.2) is 24.4 Å². The van der Waals surface area contributed by atoms with Crippen LogP contribution in [0.3, 0.4) is 0 Å². The van der Waals surface area contributed by atoms with Crippen LogP contribution in [0.25, 0.3) is 11.1 Å². The molecule has 0 bridgehead atoms. The van der Waals surface area contributed by atoms with Crippen LogP contribution in [0.2, 0.25) is 0 Å². The third-order valence-electron chi connectivity index (χ3n) is 9.82. The molecule has 0 atom stereocenters. The van der Waals surface area contributed by atoms with Crippen molar-refractivity contribution in [1.82, 2.24) is 0 Å². The number of ether oxygens (including phenoxy) is 2. The van der Waals surface area contributed by atoms with Crippen LogP contribution in [0, 0.1) is 55.4 Å². The lowest BCUT2D eigenvalue weighted by Gasteiger charge is -2.41. The van der Waals surface area contributed by atoms with E-state index in [1.165, 1.54) is 0 Å². The lowest BCUT2D eigenvalue weighted by molar-refractivity contribution is 0.274. The van der Waals surface area contributed by atoms with Gasteiger partial charge in [0.1, 0.15) is 11.5 Å². The van der Waals surface area contributed by atoms with Crippen molar-refractivity contribution in [3.05, 3.63) is 114 Å². The molecule has 41 heavy (non-hydrogen) atoms. The van der Waals surface area contributed by atoms with E-state index in [-0.39, 0.29) is 13.2 Å². The highest BCUT2D eigenvalue weighted by atomic mass is 16.5. The summed E-state index contributed by atoms with van der Waals surface area (Å²) in [4.78, 5) is 0. The summed E-state index contributed by atoms with van der Waals surface area (Å²) in [5.74, 6) is 1.50. The fourth-order valence-electron chi connectivity index (χ4n) is 7.29. The molecule has 0 aromatic heterocycles. The molecule has 0 fully saturated rings. The molecule has 0 radical (unpaired) electrons. The SMILES string of the molecule is COc1c(C)c(C)c(C)c(CO)c1C1(c2c(CO)c(C)c(C)c(C)c2OC)c2cc(C)ccc2-c2ccc(C)cc21. The quantitative estimate of drug-likeness (QED) is 0.230. The van der Waals surface area contributed by atoms with E-state index < -0.39 is 5.41 Å². The van der Waals surface area contributed by atoms with E-state index in [4.69, 9.17) is 9.47 Å². The van der Waals surface area contributed by atoms with E-state index in [1.807, 2.05) is 0 Å². The number of aliphatic hydroxyl groups excluding tert-OH is 2. The van der Waals surface area contributed by atoms with Crippen molar-refractivity contribution in [3.8, 4) is 22.6 Å². The first-order valence-corrected chi connectivity index (χ1v) is 14.3. The maximum absolute atomic E-state index is 11.1. The number of hydrogen-bond donors (Lipinski definition) is 2. The van der Waals surface area contributed by atoms with Crippen molar-refractivity contribution in [2.75, 3.05) is 14.2 Å². The monoisotopic (exact) mass is 550 g/mol. The molecule has 214 valence electrons. The Hall–Kier alpha value is -3.60. The van der Waals surface area contributed by atoms with Gasteiger partial charge >= 0.3 is 0 Å². The topological polar surface area (TPSA) is 58.9 Å². The number of fused-ring (bicyclic) bond motifs is 3. The zero-order valence-electron chi connectivity index (χ0n) is 26.1. The van der Waals surface area contributed by atoms with Gasteiger partial charge in [-0.1, -0.05) is 47.5 Å². The molecule has 5 rings (SSSR count). The summed E-state index contributed by atoms with van der Waals surface area (Å²) in [7, 11) is 3.43. The summed E-state index contributed by atoms with van der Waals surface area (Å²) in [6, 6.07) is 13.3. The van der Waals surface area contributed by atoms with E-state index in [0.29, 0.717) is 0 Å². The number of methoxy groups -OCH3 is 2. The van der Waals surface area contributed by atoms with Crippen LogP contribution in [0.1, 0.15) is 77.9 Å². The van der Waals surface area contributed by atoms with Crippen LogP contribution in [0.15, 0.2) is 36.4 Å². The molecule has 0 amide bonds. The van der Waals surface area contributed by atoms with Gasteiger partial charge in [-0.05, 0) is 122 Å². The minimum Gasteiger partial charge on any atom is -0.496 e. The van der Waals surface area contributed by atoms with E-state index >= 15 is 0 Å². The molecule has 4 heteroatoms. The van der Waals surface area contributed by atoms with Crippen molar-refractivity contribution in [2.45, 2.75) is 74.0 Å². The summed E-state index contributed by atoms with van der Waals surface area (Å²) in [5, 5.41) is 22.3. The molecule has 1 aliphatic rings. The van der Waals surface area contributed by atoms with Crippen LogP contribution in [0.5, 0.6) is 11.5 Å². The second-order valence-corrected chi connectivity index (χ2v) is 11.7. The molecule has 0 spiro atoms. The standard InChI is InChI=1S/C37H42O4/c1-19-11-13-27-28-14-12-20(2)16-32(28)37(31(27)15-19,33-29(17-38)23(5)21(3)25(7)35(33)40-9)34-30(18-39)24(6)22(4)26(8)36(34)41-10/h11-16,38-39H,17-18H2,1-10H3. The summed E-state index contributed by atoms with van der Waals surface area (Å²) < 4.78 is 12.6. The van der Waals surface area contributed by atoms with Crippen molar-refractivity contribution >= 4 is 0 Å². The van der Waals surface area contributed by atoms with Gasteiger partial charge in [0.2, 0.25) is 0 Å². The molecule has 0 heterocycles. The summed E-state index contributed by atoms with van der Waals surface area (Å²) in [6.07, 6.45) is 0. The van der Waals surface area contributed by atoms with E-state index in [0.717, 1.165) is 101 Å². The molecular weight excluding hydrogens is 508 g/mol. The zero-order chi connectivity index (χ0) is 30.0. The van der Waals surface area contributed by atoms with Crippen molar-refractivity contribution in [2.24, 2.45) is 0 Å². The van der Waals surface area contributed by atoms with Gasteiger partial charge in [-0.3, -0.25) is 0 Å². The van der Waals surface area contributed by atoms with Gasteiger partial charge in [0, 0.05) is 11.1 Å². The van der Waals surface area contributed by atoms with E-state index in [9.17, 15) is 10.2 Å². The summed E-state index contributed by atoms with van der Waals surface area (Å²) in [5.41, 5.74) is 15.7. The lowest BCUT2D eigenvalue weighted by atomic mass is 9.62. The largest absolute Gasteiger partial charge is 0.496 e. The van der Waals surface area contributed by atoms with Gasteiger partial charge in [0.05, 0.1) is 32.8 Å². The van der Waals surface area contributed by atoms with Crippen LogP contribution in [0.4, 0.5) is 0 Å². The van der Waals surface area contributed by atoms with Crippen LogP contribution < -0.4 is 9.47 Å². The zero-order valence-corrected chi connectivity index (χ0v) is 26.1.